The summed E-state index contributed by atoms with van der Waals surface area (Å²) in [6.07, 6.45) is -3.69. The Bertz CT molecular complexity index is 755. The smallest absolute Gasteiger partial charge is 0.410 e. The van der Waals surface area contributed by atoms with E-state index in [0.29, 0.717) is 11.3 Å². The molecule has 128 valence electrons. The number of methoxy groups -OCH3 is 1. The number of anilines is 1. The number of fused-ring (bicyclic) bond motifs is 1. The Hall–Kier alpha value is -2.71. The van der Waals surface area contributed by atoms with Crippen LogP contribution in [-0.2, 0) is 0 Å². The quantitative estimate of drug-likeness (QED) is 0.900. The molecule has 0 fully saturated rings. The molecule has 0 saturated heterocycles. The van der Waals surface area contributed by atoms with Crippen LogP contribution in [0.25, 0.3) is 0 Å². The third kappa shape index (κ3) is 2.77. The fourth-order valence-electron chi connectivity index (χ4n) is 2.80. The van der Waals surface area contributed by atoms with Gasteiger partial charge in [-0.2, -0.15) is 18.3 Å². The molecule has 0 aliphatic carbocycles. The van der Waals surface area contributed by atoms with Crippen LogP contribution in [0.4, 0.5) is 19.0 Å². The molecule has 0 spiro atoms. The number of rotatable bonds is 3. The summed E-state index contributed by atoms with van der Waals surface area (Å²) in [6.45, 7) is 0. The molecule has 3 rings (SSSR count). The van der Waals surface area contributed by atoms with Crippen molar-refractivity contribution in [3.05, 3.63) is 41.6 Å². The Balaban J connectivity index is 2.02. The van der Waals surface area contributed by atoms with Crippen molar-refractivity contribution in [1.29, 1.82) is 0 Å². The molecule has 6 nitrogen and oxygen atoms in total. The topological polar surface area (TPSA) is 82.2 Å². The van der Waals surface area contributed by atoms with Gasteiger partial charge in [-0.25, -0.2) is 4.68 Å². The van der Waals surface area contributed by atoms with Gasteiger partial charge in [-0.1, -0.05) is 12.1 Å². The Kier molecular flexibility index (Phi) is 3.86. The number of ether oxygens (including phenoxy) is 1. The fourth-order valence-corrected chi connectivity index (χ4v) is 2.80. The number of nitrogens with two attached hydrogens (primary N) is 1. The second-order valence-electron chi connectivity index (χ2n) is 5.48. The molecule has 2 atom stereocenters. The van der Waals surface area contributed by atoms with Gasteiger partial charge < -0.3 is 15.8 Å². The average molecular weight is 340 g/mol. The summed E-state index contributed by atoms with van der Waals surface area (Å²) < 4.78 is 46.1. The zero-order chi connectivity index (χ0) is 17.5. The molecule has 1 amide bonds. The van der Waals surface area contributed by atoms with E-state index in [1.165, 1.54) is 7.11 Å². The minimum atomic E-state index is -4.50. The van der Waals surface area contributed by atoms with Crippen molar-refractivity contribution >= 4 is 11.7 Å². The molecule has 0 radical (unpaired) electrons. The number of halogens is 3. The Morgan fingerprint density at radius 3 is 2.58 bits per heavy atom. The van der Waals surface area contributed by atoms with Crippen molar-refractivity contribution < 1.29 is 22.7 Å². The van der Waals surface area contributed by atoms with E-state index in [1.54, 1.807) is 24.3 Å². The van der Waals surface area contributed by atoms with Crippen LogP contribution < -0.4 is 15.8 Å². The van der Waals surface area contributed by atoms with Gasteiger partial charge in [-0.3, -0.25) is 4.79 Å². The maximum atomic E-state index is 13.4. The first kappa shape index (κ1) is 16.2. The van der Waals surface area contributed by atoms with Gasteiger partial charge in [-0.15, -0.1) is 0 Å². The molecule has 9 heteroatoms. The molecule has 1 aliphatic rings. The van der Waals surface area contributed by atoms with Gasteiger partial charge in [0.2, 0.25) is 0 Å². The lowest BCUT2D eigenvalue weighted by Crippen LogP contribution is -2.36. The van der Waals surface area contributed by atoms with Gasteiger partial charge >= 0.3 is 6.18 Å². The number of benzene rings is 1. The molecule has 1 aliphatic heterocycles. The van der Waals surface area contributed by atoms with Crippen LogP contribution in [0.2, 0.25) is 0 Å². The summed E-state index contributed by atoms with van der Waals surface area (Å²) in [5.74, 6) is -0.248. The number of nitrogens with one attached hydrogen (secondary N) is 1. The van der Waals surface area contributed by atoms with Crippen LogP contribution in [-0.4, -0.2) is 29.0 Å². The SMILES string of the molecule is COc1ccc(C2CC(C(F)(F)F)n3ncc(C(N)=O)c3N2)cc1. The summed E-state index contributed by atoms with van der Waals surface area (Å²) in [5, 5.41) is 6.64. The van der Waals surface area contributed by atoms with E-state index < -0.39 is 24.2 Å². The predicted molar refractivity (Wildman–Crippen MR) is 79.8 cm³/mol. The maximum Gasteiger partial charge on any atom is 0.410 e. The van der Waals surface area contributed by atoms with Crippen LogP contribution in [0.15, 0.2) is 30.5 Å². The van der Waals surface area contributed by atoms with Crippen LogP contribution in [0.5, 0.6) is 5.75 Å². The summed E-state index contributed by atoms with van der Waals surface area (Å²) in [7, 11) is 1.51. The maximum absolute atomic E-state index is 13.4. The summed E-state index contributed by atoms with van der Waals surface area (Å²) >= 11 is 0. The van der Waals surface area contributed by atoms with Gasteiger partial charge in [0.05, 0.1) is 19.3 Å². The van der Waals surface area contributed by atoms with Crippen LogP contribution in [0.3, 0.4) is 0 Å². The molecule has 0 bridgehead atoms. The minimum Gasteiger partial charge on any atom is -0.497 e. The number of carbonyl (C=O) groups is 1. The second kappa shape index (κ2) is 5.73. The Morgan fingerprint density at radius 2 is 2.04 bits per heavy atom. The molecular weight excluding hydrogens is 325 g/mol. The zero-order valence-electron chi connectivity index (χ0n) is 12.7. The first-order chi connectivity index (χ1) is 11.3. The first-order valence-electron chi connectivity index (χ1n) is 7.15. The van der Waals surface area contributed by atoms with Crippen molar-refractivity contribution in [3.63, 3.8) is 0 Å². The van der Waals surface area contributed by atoms with Gasteiger partial charge in [0, 0.05) is 6.42 Å². The Morgan fingerprint density at radius 1 is 1.38 bits per heavy atom. The summed E-state index contributed by atoms with van der Waals surface area (Å²) in [4.78, 5) is 11.4. The first-order valence-corrected chi connectivity index (χ1v) is 7.15. The van der Waals surface area contributed by atoms with Crippen LogP contribution >= 0.6 is 0 Å². The van der Waals surface area contributed by atoms with Crippen molar-refractivity contribution in [2.45, 2.75) is 24.7 Å². The third-order valence-corrected chi connectivity index (χ3v) is 4.02. The molecule has 3 N–H and O–H groups in total. The highest BCUT2D eigenvalue weighted by atomic mass is 19.4. The number of hydrogen-bond acceptors (Lipinski definition) is 4. The van der Waals surface area contributed by atoms with E-state index >= 15 is 0 Å². The lowest BCUT2D eigenvalue weighted by molar-refractivity contribution is -0.173. The molecule has 1 aromatic heterocycles. The normalized spacial score (nSPS) is 20.2. The zero-order valence-corrected chi connectivity index (χ0v) is 12.7. The van der Waals surface area contributed by atoms with Crippen LogP contribution in [0.1, 0.15) is 34.4 Å². The van der Waals surface area contributed by atoms with Gasteiger partial charge in [0.15, 0.2) is 6.04 Å². The van der Waals surface area contributed by atoms with E-state index in [2.05, 4.69) is 10.4 Å². The highest BCUT2D eigenvalue weighted by Gasteiger charge is 2.47. The largest absolute Gasteiger partial charge is 0.497 e. The standard InChI is InChI=1S/C15H15F3N4O2/c1-24-9-4-2-8(3-5-9)11-6-12(15(16,17)18)22-14(21-11)10(7-20-22)13(19)23/h2-5,7,11-12,21H,6H2,1H3,(H2,19,23). The number of amides is 1. The molecule has 1 aromatic carbocycles. The average Bonchev–Trinajstić information content (AvgIpc) is 2.97. The number of primary amides is 1. The van der Waals surface area contributed by atoms with Gasteiger partial charge in [0.25, 0.3) is 5.91 Å². The number of aromatic nitrogens is 2. The van der Waals surface area contributed by atoms with Gasteiger partial charge in [-0.05, 0) is 17.7 Å². The fraction of sp³-hybridized carbons (Fsp3) is 0.333. The summed E-state index contributed by atoms with van der Waals surface area (Å²) in [6, 6.07) is 4.22. The van der Waals surface area contributed by atoms with E-state index in [1.807, 2.05) is 0 Å². The van der Waals surface area contributed by atoms with E-state index in [-0.39, 0.29) is 17.8 Å². The third-order valence-electron chi connectivity index (χ3n) is 4.02. The molecule has 2 heterocycles. The lowest BCUT2D eigenvalue weighted by atomic mass is 9.96. The number of alkyl halides is 3. The Labute approximate surface area is 135 Å². The van der Waals surface area contributed by atoms with Crippen LogP contribution in [0, 0.1) is 0 Å². The van der Waals surface area contributed by atoms with E-state index in [4.69, 9.17) is 10.5 Å². The molecule has 2 aromatic rings. The van der Waals surface area contributed by atoms with Crippen molar-refractivity contribution in [2.24, 2.45) is 5.73 Å². The van der Waals surface area contributed by atoms with Crippen molar-refractivity contribution in [1.82, 2.24) is 9.78 Å². The van der Waals surface area contributed by atoms with Gasteiger partial charge in [0.1, 0.15) is 17.1 Å². The molecule has 24 heavy (non-hydrogen) atoms. The molecular formula is C15H15F3N4O2. The predicted octanol–water partition coefficient (Wildman–Crippen LogP) is 2.65. The highest BCUT2D eigenvalue weighted by molar-refractivity contribution is 5.97. The number of nitrogens with zero attached hydrogens (tertiary/aromatic N) is 2. The van der Waals surface area contributed by atoms with E-state index in [9.17, 15) is 18.0 Å². The second-order valence-corrected chi connectivity index (χ2v) is 5.48. The number of carbonyl (C=O) groups excluding carboxylic acids is 1. The van der Waals surface area contributed by atoms with Crippen molar-refractivity contribution in [3.8, 4) is 5.75 Å². The molecule has 2 unspecified atom stereocenters. The monoisotopic (exact) mass is 340 g/mol. The lowest BCUT2D eigenvalue weighted by Gasteiger charge is -2.34. The molecule has 0 saturated carbocycles. The number of hydrogen-bond donors (Lipinski definition) is 2. The van der Waals surface area contributed by atoms with E-state index in [0.717, 1.165) is 10.9 Å². The summed E-state index contributed by atoms with van der Waals surface area (Å²) in [5.41, 5.74) is 5.81. The van der Waals surface area contributed by atoms with Crippen molar-refractivity contribution in [2.75, 3.05) is 12.4 Å². The highest BCUT2D eigenvalue weighted by Crippen LogP contribution is 2.44. The minimum absolute atomic E-state index is 0.0168.